The van der Waals surface area contributed by atoms with Gasteiger partial charge in [-0.2, -0.15) is 0 Å². The molecule has 0 aliphatic carbocycles. The molecule has 0 aromatic carbocycles. The van der Waals surface area contributed by atoms with Gasteiger partial charge in [0.2, 0.25) is 0 Å². The van der Waals surface area contributed by atoms with Crippen molar-refractivity contribution in [3.8, 4) is 12.3 Å². The highest BCUT2D eigenvalue weighted by Crippen LogP contribution is 2.10. The first kappa shape index (κ1) is 19.8. The minimum atomic E-state index is -1.53. The summed E-state index contributed by atoms with van der Waals surface area (Å²) in [6.07, 6.45) is 4.63. The lowest BCUT2D eigenvalue weighted by molar-refractivity contribution is -0.157. The van der Waals surface area contributed by atoms with E-state index >= 15 is 0 Å². The minimum Gasteiger partial charge on any atom is -0.474 e. The van der Waals surface area contributed by atoms with Crippen LogP contribution in [0.5, 0.6) is 0 Å². The number of terminal acetylenes is 1. The van der Waals surface area contributed by atoms with Crippen molar-refractivity contribution < 1.29 is 24.2 Å². The number of hydrogen-bond donors (Lipinski definition) is 1. The summed E-state index contributed by atoms with van der Waals surface area (Å²) < 4.78 is 5.22. The average Bonchev–Trinajstić information content (AvgIpc) is 2.34. The molecule has 0 aromatic rings. The highest BCUT2D eigenvalue weighted by Gasteiger charge is 2.26. The van der Waals surface area contributed by atoms with E-state index in [1.807, 2.05) is 0 Å². The average molecular weight is 312 g/mol. The molecule has 1 N–H and O–H groups in total. The van der Waals surface area contributed by atoms with Crippen molar-refractivity contribution in [3.05, 3.63) is 0 Å². The van der Waals surface area contributed by atoms with Gasteiger partial charge >= 0.3 is 18.0 Å². The molecule has 0 aromatic heterocycles. The van der Waals surface area contributed by atoms with Gasteiger partial charge in [-0.15, -0.1) is 6.42 Å². The zero-order chi connectivity index (χ0) is 17.5. The molecule has 7 heteroatoms. The number of carbonyl (C=O) groups excluding carboxylic acids is 2. The fourth-order valence-electron chi connectivity index (χ4n) is 1.62. The van der Waals surface area contributed by atoms with E-state index in [2.05, 4.69) is 5.92 Å². The number of amides is 2. The van der Waals surface area contributed by atoms with Crippen LogP contribution in [-0.4, -0.2) is 64.2 Å². The van der Waals surface area contributed by atoms with Crippen molar-refractivity contribution in [2.24, 2.45) is 0 Å². The maximum absolute atomic E-state index is 12.0. The Balaban J connectivity index is 4.88. The summed E-state index contributed by atoms with van der Waals surface area (Å²) in [4.78, 5) is 36.9. The van der Waals surface area contributed by atoms with Gasteiger partial charge in [0, 0.05) is 19.1 Å². The lowest BCUT2D eigenvalue weighted by Crippen LogP contribution is -2.47. The van der Waals surface area contributed by atoms with Crippen LogP contribution in [0.4, 0.5) is 4.79 Å². The van der Waals surface area contributed by atoms with Crippen LogP contribution >= 0.6 is 0 Å². The minimum absolute atomic E-state index is 0.0160. The molecule has 22 heavy (non-hydrogen) atoms. The molecular formula is C15H24N2O5. The Kier molecular flexibility index (Phi) is 7.43. The summed E-state index contributed by atoms with van der Waals surface area (Å²) >= 11 is 0. The number of hydrogen-bond acceptors (Lipinski definition) is 4. The molecule has 0 unspecified atom stereocenters. The molecule has 7 nitrogen and oxygen atoms in total. The SMILES string of the molecule is C#CCN(CCN(C(=O)C(=O)O)C(C)C)C(=O)OC(C)(C)C. The maximum atomic E-state index is 12.0. The van der Waals surface area contributed by atoms with Crippen LogP contribution in [0.25, 0.3) is 0 Å². The van der Waals surface area contributed by atoms with Crippen LogP contribution in [-0.2, 0) is 14.3 Å². The van der Waals surface area contributed by atoms with Gasteiger partial charge in [-0.3, -0.25) is 9.69 Å². The summed E-state index contributed by atoms with van der Waals surface area (Å²) in [6.45, 7) is 8.75. The molecule has 2 amide bonds. The zero-order valence-corrected chi connectivity index (χ0v) is 13.8. The Bertz CT molecular complexity index is 460. The zero-order valence-electron chi connectivity index (χ0n) is 13.8. The van der Waals surface area contributed by atoms with E-state index in [0.717, 1.165) is 4.90 Å². The maximum Gasteiger partial charge on any atom is 0.411 e. The number of carboxylic acids is 1. The Morgan fingerprint density at radius 3 is 2.14 bits per heavy atom. The lowest BCUT2D eigenvalue weighted by Gasteiger charge is -2.30. The van der Waals surface area contributed by atoms with Gasteiger partial charge in [0.25, 0.3) is 0 Å². The standard InChI is InChI=1S/C15H24N2O5/c1-7-8-16(14(21)22-15(4,5)6)9-10-17(11(2)3)12(18)13(19)20/h1,11H,8-10H2,2-6H3,(H,19,20). The van der Waals surface area contributed by atoms with Crippen LogP contribution in [0.15, 0.2) is 0 Å². The molecule has 0 radical (unpaired) electrons. The third-order valence-corrected chi connectivity index (χ3v) is 2.61. The van der Waals surface area contributed by atoms with Gasteiger partial charge in [0.15, 0.2) is 0 Å². The molecule has 0 rings (SSSR count). The summed E-state index contributed by atoms with van der Waals surface area (Å²) in [7, 11) is 0. The van der Waals surface area contributed by atoms with Crippen molar-refractivity contribution in [2.75, 3.05) is 19.6 Å². The molecule has 0 atom stereocenters. The number of carbonyl (C=O) groups is 3. The van der Waals surface area contributed by atoms with Crippen molar-refractivity contribution in [2.45, 2.75) is 46.3 Å². The van der Waals surface area contributed by atoms with Gasteiger partial charge in [0.05, 0.1) is 6.54 Å². The molecule has 0 fully saturated rings. The van der Waals surface area contributed by atoms with E-state index in [4.69, 9.17) is 16.3 Å². The van der Waals surface area contributed by atoms with Gasteiger partial charge in [-0.05, 0) is 34.6 Å². The molecule has 0 saturated heterocycles. The normalized spacial score (nSPS) is 10.8. The van der Waals surface area contributed by atoms with Crippen LogP contribution in [0, 0.1) is 12.3 Å². The quantitative estimate of drug-likeness (QED) is 0.608. The first-order valence-electron chi connectivity index (χ1n) is 6.95. The topological polar surface area (TPSA) is 87.2 Å². The predicted octanol–water partition coefficient (Wildman–Crippen LogP) is 1.18. The first-order valence-corrected chi connectivity index (χ1v) is 6.95. The molecule has 0 bridgehead atoms. The second kappa shape index (κ2) is 8.27. The van der Waals surface area contributed by atoms with E-state index in [1.165, 1.54) is 4.90 Å². The number of rotatable bonds is 5. The molecule has 0 aliphatic rings. The third kappa shape index (κ3) is 6.97. The smallest absolute Gasteiger partial charge is 0.411 e. The van der Waals surface area contributed by atoms with Crippen molar-refractivity contribution >= 4 is 18.0 Å². The van der Waals surface area contributed by atoms with Crippen molar-refractivity contribution in [1.29, 1.82) is 0 Å². The van der Waals surface area contributed by atoms with E-state index in [1.54, 1.807) is 34.6 Å². The fourth-order valence-corrected chi connectivity index (χ4v) is 1.62. The van der Waals surface area contributed by atoms with Gasteiger partial charge in [-0.25, -0.2) is 9.59 Å². The third-order valence-electron chi connectivity index (χ3n) is 2.61. The van der Waals surface area contributed by atoms with E-state index in [0.29, 0.717) is 0 Å². The monoisotopic (exact) mass is 312 g/mol. The molecule has 0 heterocycles. The molecule has 0 spiro atoms. The summed E-state index contributed by atoms with van der Waals surface area (Å²) in [5, 5.41) is 8.80. The summed E-state index contributed by atoms with van der Waals surface area (Å²) in [5.74, 6) is -0.202. The second-order valence-electron chi connectivity index (χ2n) is 6.00. The highest BCUT2D eigenvalue weighted by atomic mass is 16.6. The predicted molar refractivity (Wildman–Crippen MR) is 81.1 cm³/mol. The molecule has 0 saturated carbocycles. The van der Waals surface area contributed by atoms with Crippen LogP contribution < -0.4 is 0 Å². The van der Waals surface area contributed by atoms with Crippen molar-refractivity contribution in [3.63, 3.8) is 0 Å². The molecule has 124 valence electrons. The highest BCUT2D eigenvalue weighted by molar-refractivity contribution is 6.31. The number of aliphatic carboxylic acids is 1. The Labute approximate surface area is 131 Å². The van der Waals surface area contributed by atoms with Gasteiger partial charge in [-0.1, -0.05) is 5.92 Å². The lowest BCUT2D eigenvalue weighted by atomic mass is 10.2. The summed E-state index contributed by atoms with van der Waals surface area (Å²) in [6, 6.07) is -0.310. The number of nitrogens with zero attached hydrogens (tertiary/aromatic N) is 2. The van der Waals surface area contributed by atoms with E-state index in [9.17, 15) is 14.4 Å². The van der Waals surface area contributed by atoms with Gasteiger partial charge in [0.1, 0.15) is 5.60 Å². The van der Waals surface area contributed by atoms with Crippen molar-refractivity contribution in [1.82, 2.24) is 9.80 Å². The second-order valence-corrected chi connectivity index (χ2v) is 6.00. The Hall–Kier alpha value is -2.23. The number of carboxylic acid groups (broad SMARTS) is 1. The van der Waals surface area contributed by atoms with Gasteiger partial charge < -0.3 is 14.7 Å². The van der Waals surface area contributed by atoms with Crippen LogP contribution in [0.2, 0.25) is 0 Å². The summed E-state index contributed by atoms with van der Waals surface area (Å²) in [5.41, 5.74) is -0.668. The largest absolute Gasteiger partial charge is 0.474 e. The fraction of sp³-hybridized carbons (Fsp3) is 0.667. The number of ether oxygens (including phenoxy) is 1. The Morgan fingerprint density at radius 1 is 1.23 bits per heavy atom. The van der Waals surface area contributed by atoms with Crippen LogP contribution in [0.3, 0.4) is 0 Å². The first-order chi connectivity index (χ1) is 9.99. The molecule has 0 aliphatic heterocycles. The van der Waals surface area contributed by atoms with Crippen LogP contribution in [0.1, 0.15) is 34.6 Å². The Morgan fingerprint density at radius 2 is 1.77 bits per heavy atom. The van der Waals surface area contributed by atoms with E-state index in [-0.39, 0.29) is 25.7 Å². The van der Waals surface area contributed by atoms with E-state index < -0.39 is 23.6 Å². The molecular weight excluding hydrogens is 288 g/mol.